The summed E-state index contributed by atoms with van der Waals surface area (Å²) < 4.78 is 6.18. The van der Waals surface area contributed by atoms with E-state index >= 15 is 0 Å². The van der Waals surface area contributed by atoms with Crippen LogP contribution in [0.2, 0.25) is 0 Å². The third-order valence-corrected chi connectivity index (χ3v) is 5.45. The fourth-order valence-electron chi connectivity index (χ4n) is 3.20. The molecule has 0 amide bonds. The van der Waals surface area contributed by atoms with Crippen LogP contribution in [0.4, 0.5) is 0 Å². The van der Waals surface area contributed by atoms with Crippen molar-refractivity contribution in [2.75, 3.05) is 25.4 Å². The van der Waals surface area contributed by atoms with Gasteiger partial charge in [-0.2, -0.15) is 0 Å². The second-order valence-electron chi connectivity index (χ2n) is 6.04. The predicted molar refractivity (Wildman–Crippen MR) is 85.9 cm³/mol. The highest BCUT2D eigenvalue weighted by Gasteiger charge is 2.39. The lowest BCUT2D eigenvalue weighted by Gasteiger charge is -2.23. The Morgan fingerprint density at radius 3 is 2.90 bits per heavy atom. The van der Waals surface area contributed by atoms with Crippen molar-refractivity contribution in [3.8, 4) is 5.88 Å². The van der Waals surface area contributed by atoms with Gasteiger partial charge in [0.05, 0.1) is 0 Å². The summed E-state index contributed by atoms with van der Waals surface area (Å²) in [4.78, 5) is 11.4. The Labute approximate surface area is 131 Å². The molecule has 5 heteroatoms. The molecule has 3 heterocycles. The van der Waals surface area contributed by atoms with E-state index in [4.69, 9.17) is 4.74 Å². The van der Waals surface area contributed by atoms with Gasteiger partial charge >= 0.3 is 0 Å². The maximum Gasteiger partial charge on any atom is 0.247 e. The van der Waals surface area contributed by atoms with Gasteiger partial charge in [0, 0.05) is 31.4 Å². The summed E-state index contributed by atoms with van der Waals surface area (Å²) >= 11 is 1.79. The topological polar surface area (TPSA) is 38.3 Å². The molecule has 2 bridgehead atoms. The van der Waals surface area contributed by atoms with E-state index in [0.29, 0.717) is 12.0 Å². The summed E-state index contributed by atoms with van der Waals surface area (Å²) in [5.41, 5.74) is 0. The summed E-state index contributed by atoms with van der Waals surface area (Å²) in [5, 5.41) is 0.965. The number of hydrogen-bond acceptors (Lipinski definition) is 5. The quantitative estimate of drug-likeness (QED) is 0.544. The summed E-state index contributed by atoms with van der Waals surface area (Å²) in [5.74, 6) is 2.54. The first-order valence-corrected chi connectivity index (χ1v) is 9.18. The maximum atomic E-state index is 6.18. The Balaban J connectivity index is 1.52. The Hall–Kier alpha value is -0.810. The number of thioether (sulfide) groups is 1. The molecule has 0 aromatic carbocycles. The molecule has 21 heavy (non-hydrogen) atoms. The maximum absolute atomic E-state index is 6.18. The summed E-state index contributed by atoms with van der Waals surface area (Å²) in [6.45, 7) is 5.74. The molecule has 1 aromatic heterocycles. The summed E-state index contributed by atoms with van der Waals surface area (Å²) in [7, 11) is 0. The van der Waals surface area contributed by atoms with Crippen LogP contribution in [0.25, 0.3) is 0 Å². The van der Waals surface area contributed by atoms with Gasteiger partial charge < -0.3 is 4.74 Å². The van der Waals surface area contributed by atoms with E-state index in [1.54, 1.807) is 24.2 Å². The van der Waals surface area contributed by atoms with Crippen LogP contribution in [0.3, 0.4) is 0 Å². The zero-order chi connectivity index (χ0) is 14.5. The summed E-state index contributed by atoms with van der Waals surface area (Å²) in [6, 6.07) is 0. The molecule has 3 rings (SSSR count). The van der Waals surface area contributed by atoms with Crippen LogP contribution >= 0.6 is 11.8 Å². The molecule has 2 saturated heterocycles. The lowest BCUT2D eigenvalue weighted by atomic mass is 10.0. The van der Waals surface area contributed by atoms with Crippen LogP contribution in [0.15, 0.2) is 17.4 Å². The normalized spacial score (nSPS) is 27.2. The van der Waals surface area contributed by atoms with Crippen LogP contribution in [-0.4, -0.2) is 46.4 Å². The van der Waals surface area contributed by atoms with Crippen LogP contribution < -0.4 is 4.74 Å². The van der Waals surface area contributed by atoms with Crippen LogP contribution in [0.5, 0.6) is 5.88 Å². The molecule has 0 spiro atoms. The molecule has 3 atom stereocenters. The Kier molecular flexibility index (Phi) is 5.36. The third-order valence-electron chi connectivity index (χ3n) is 4.41. The number of ether oxygens (including phenoxy) is 1. The highest BCUT2D eigenvalue weighted by Crippen LogP contribution is 2.33. The molecule has 116 valence electrons. The number of rotatable bonds is 8. The number of aromatic nitrogens is 2. The van der Waals surface area contributed by atoms with Crippen molar-refractivity contribution in [3.05, 3.63) is 12.4 Å². The zero-order valence-corrected chi connectivity index (χ0v) is 13.6. The fraction of sp³-hybridized carbons (Fsp3) is 0.750. The van der Waals surface area contributed by atoms with Crippen molar-refractivity contribution in [1.82, 2.24) is 14.9 Å². The second-order valence-corrected chi connectivity index (χ2v) is 7.12. The highest BCUT2D eigenvalue weighted by atomic mass is 32.2. The average molecular weight is 307 g/mol. The number of piperidine rings is 1. The minimum absolute atomic E-state index is 0.315. The van der Waals surface area contributed by atoms with Gasteiger partial charge in [-0.1, -0.05) is 26.2 Å². The fourth-order valence-corrected chi connectivity index (χ4v) is 4.10. The smallest absolute Gasteiger partial charge is 0.247 e. The molecule has 2 aliphatic heterocycles. The minimum Gasteiger partial charge on any atom is -0.471 e. The minimum atomic E-state index is 0.315. The van der Waals surface area contributed by atoms with Crippen molar-refractivity contribution in [2.24, 2.45) is 5.92 Å². The molecular formula is C16H25N3OS. The average Bonchev–Trinajstić information content (AvgIpc) is 3.11. The van der Waals surface area contributed by atoms with E-state index in [1.165, 1.54) is 45.2 Å². The number of unbranched alkanes of at least 4 members (excludes halogenated alkanes) is 3. The van der Waals surface area contributed by atoms with Gasteiger partial charge in [0.25, 0.3) is 0 Å². The van der Waals surface area contributed by atoms with Crippen molar-refractivity contribution in [3.63, 3.8) is 0 Å². The van der Waals surface area contributed by atoms with E-state index in [9.17, 15) is 0 Å². The van der Waals surface area contributed by atoms with Crippen molar-refractivity contribution >= 4 is 11.8 Å². The first-order valence-electron chi connectivity index (χ1n) is 8.19. The molecule has 2 fully saturated rings. The van der Waals surface area contributed by atoms with Crippen molar-refractivity contribution in [2.45, 2.75) is 50.2 Å². The van der Waals surface area contributed by atoms with Gasteiger partial charge in [-0.05, 0) is 25.1 Å². The van der Waals surface area contributed by atoms with Gasteiger partial charge in [0.15, 0.2) is 5.03 Å². The first-order chi connectivity index (χ1) is 10.4. The SMILES string of the molecule is CCCCCCSc1nccnc1O[C@H]1CN2CC[C@@H]1C2. The number of fused-ring (bicyclic) bond motifs is 2. The van der Waals surface area contributed by atoms with E-state index in [-0.39, 0.29) is 0 Å². The van der Waals surface area contributed by atoms with Gasteiger partial charge in [0.2, 0.25) is 5.88 Å². The van der Waals surface area contributed by atoms with E-state index in [2.05, 4.69) is 21.8 Å². The molecule has 0 radical (unpaired) electrons. The number of nitrogens with zero attached hydrogens (tertiary/aromatic N) is 3. The first kappa shape index (κ1) is 15.1. The van der Waals surface area contributed by atoms with Crippen molar-refractivity contribution in [1.29, 1.82) is 0 Å². The lowest BCUT2D eigenvalue weighted by molar-refractivity contribution is 0.131. The molecular weight excluding hydrogens is 282 g/mol. The van der Waals surface area contributed by atoms with Gasteiger partial charge in [-0.15, -0.1) is 11.8 Å². The summed E-state index contributed by atoms with van der Waals surface area (Å²) in [6.07, 6.45) is 10.2. The largest absolute Gasteiger partial charge is 0.471 e. The van der Waals surface area contributed by atoms with Gasteiger partial charge in [-0.3, -0.25) is 4.90 Å². The molecule has 1 unspecified atom stereocenters. The molecule has 0 aliphatic carbocycles. The van der Waals surface area contributed by atoms with Gasteiger partial charge in [-0.25, -0.2) is 9.97 Å². The van der Waals surface area contributed by atoms with E-state index in [0.717, 1.165) is 23.2 Å². The van der Waals surface area contributed by atoms with E-state index < -0.39 is 0 Å². The van der Waals surface area contributed by atoms with Crippen LogP contribution in [-0.2, 0) is 0 Å². The van der Waals surface area contributed by atoms with Crippen LogP contribution in [0, 0.1) is 5.92 Å². The molecule has 2 aliphatic rings. The Bertz CT molecular complexity index is 457. The second kappa shape index (κ2) is 7.45. The van der Waals surface area contributed by atoms with Gasteiger partial charge in [0.1, 0.15) is 6.10 Å². The Morgan fingerprint density at radius 1 is 1.24 bits per heavy atom. The third kappa shape index (κ3) is 3.89. The number of hydrogen-bond donors (Lipinski definition) is 0. The molecule has 1 aromatic rings. The van der Waals surface area contributed by atoms with Crippen LogP contribution in [0.1, 0.15) is 39.0 Å². The predicted octanol–water partition coefficient (Wildman–Crippen LogP) is 3.23. The zero-order valence-electron chi connectivity index (χ0n) is 12.8. The Morgan fingerprint density at radius 2 is 2.14 bits per heavy atom. The highest BCUT2D eigenvalue weighted by molar-refractivity contribution is 7.99. The van der Waals surface area contributed by atoms with Crippen molar-refractivity contribution < 1.29 is 4.74 Å². The standard InChI is InChI=1S/C16H25N3OS/c1-2-3-4-5-10-21-16-15(17-7-8-18-16)20-14-12-19-9-6-13(14)11-19/h7-8,13-14H,2-6,9-12H2,1H3/t13-,14+/m1/s1. The lowest BCUT2D eigenvalue weighted by Crippen LogP contribution is -2.32. The molecule has 4 nitrogen and oxygen atoms in total. The monoisotopic (exact) mass is 307 g/mol. The van der Waals surface area contributed by atoms with E-state index in [1.807, 2.05) is 0 Å². The molecule has 0 saturated carbocycles. The molecule has 0 N–H and O–H groups in total.